The van der Waals surface area contributed by atoms with Gasteiger partial charge in [-0.15, -0.1) is 0 Å². The van der Waals surface area contributed by atoms with Gasteiger partial charge in [-0.05, 0) is 19.1 Å². The van der Waals surface area contributed by atoms with Gasteiger partial charge in [-0.1, -0.05) is 18.2 Å². The fourth-order valence-electron chi connectivity index (χ4n) is 1.93. The van der Waals surface area contributed by atoms with Gasteiger partial charge in [-0.25, -0.2) is 4.98 Å². The smallest absolute Gasteiger partial charge is 0.0924 e. The Morgan fingerprint density at radius 3 is 2.88 bits per heavy atom. The summed E-state index contributed by atoms with van der Waals surface area (Å²) in [6.45, 7) is 2.01. The average molecular weight is 209 g/mol. The van der Waals surface area contributed by atoms with Gasteiger partial charge in [0, 0.05) is 16.6 Å². The summed E-state index contributed by atoms with van der Waals surface area (Å²) >= 11 is 0. The first-order chi connectivity index (χ1) is 7.84. The molecular formula is C13H11N3. The number of hydrogen-bond donors (Lipinski definition) is 1. The van der Waals surface area contributed by atoms with Crippen LogP contribution in [0.3, 0.4) is 0 Å². The van der Waals surface area contributed by atoms with Crippen molar-refractivity contribution in [1.82, 2.24) is 15.0 Å². The van der Waals surface area contributed by atoms with E-state index in [0.29, 0.717) is 0 Å². The van der Waals surface area contributed by atoms with Crippen LogP contribution < -0.4 is 0 Å². The molecule has 0 spiro atoms. The van der Waals surface area contributed by atoms with Gasteiger partial charge >= 0.3 is 0 Å². The number of nitrogens with zero attached hydrogens (tertiary/aromatic N) is 2. The average Bonchev–Trinajstić information content (AvgIpc) is 2.81. The lowest BCUT2D eigenvalue weighted by atomic mass is 10.1. The van der Waals surface area contributed by atoms with Crippen LogP contribution in [0.2, 0.25) is 0 Å². The Kier molecular flexibility index (Phi) is 1.96. The van der Waals surface area contributed by atoms with Crippen molar-refractivity contribution in [3.63, 3.8) is 0 Å². The van der Waals surface area contributed by atoms with E-state index in [-0.39, 0.29) is 0 Å². The third-order valence-corrected chi connectivity index (χ3v) is 2.63. The molecule has 1 N–H and O–H groups in total. The molecule has 2 aromatic heterocycles. The van der Waals surface area contributed by atoms with Crippen LogP contribution in [0.1, 0.15) is 5.69 Å². The van der Waals surface area contributed by atoms with Crippen molar-refractivity contribution in [2.24, 2.45) is 0 Å². The molecule has 1 aromatic carbocycles. The molecule has 3 aromatic rings. The van der Waals surface area contributed by atoms with Gasteiger partial charge in [-0.3, -0.25) is 4.98 Å². The summed E-state index contributed by atoms with van der Waals surface area (Å²) in [5.74, 6) is 0. The molecule has 78 valence electrons. The number of H-pyrrole nitrogens is 1. The number of rotatable bonds is 1. The minimum Gasteiger partial charge on any atom is -0.345 e. The van der Waals surface area contributed by atoms with Gasteiger partial charge in [0.15, 0.2) is 0 Å². The number of imidazole rings is 1. The number of hydrogen-bond acceptors (Lipinski definition) is 2. The third-order valence-electron chi connectivity index (χ3n) is 2.63. The summed E-state index contributed by atoms with van der Waals surface area (Å²) in [6.07, 6.45) is 3.53. The van der Waals surface area contributed by atoms with Crippen LogP contribution >= 0.6 is 0 Å². The fraction of sp³-hybridized carbons (Fsp3) is 0.0769. The second kappa shape index (κ2) is 3.45. The summed E-state index contributed by atoms with van der Waals surface area (Å²) in [6, 6.07) is 10.2. The minimum absolute atomic E-state index is 1.02. The molecule has 0 fully saturated rings. The van der Waals surface area contributed by atoms with Crippen molar-refractivity contribution in [1.29, 1.82) is 0 Å². The second-order valence-electron chi connectivity index (χ2n) is 3.79. The van der Waals surface area contributed by atoms with E-state index in [4.69, 9.17) is 0 Å². The second-order valence-corrected chi connectivity index (χ2v) is 3.79. The number of nitrogens with one attached hydrogen (secondary N) is 1. The molecule has 2 heterocycles. The van der Waals surface area contributed by atoms with E-state index in [9.17, 15) is 0 Å². The van der Waals surface area contributed by atoms with Crippen molar-refractivity contribution >= 4 is 10.9 Å². The highest BCUT2D eigenvalue weighted by Gasteiger charge is 2.06. The van der Waals surface area contributed by atoms with Crippen LogP contribution in [0.4, 0.5) is 0 Å². The Morgan fingerprint density at radius 2 is 2.06 bits per heavy atom. The molecule has 0 atom stereocenters. The highest BCUT2D eigenvalue weighted by atomic mass is 14.9. The quantitative estimate of drug-likeness (QED) is 0.669. The largest absolute Gasteiger partial charge is 0.345 e. The Balaban J connectivity index is 2.39. The first-order valence-corrected chi connectivity index (χ1v) is 5.20. The van der Waals surface area contributed by atoms with E-state index >= 15 is 0 Å². The highest BCUT2D eigenvalue weighted by Crippen LogP contribution is 2.26. The van der Waals surface area contributed by atoms with Gasteiger partial charge < -0.3 is 4.98 Å². The Bertz CT molecular complexity index is 627. The molecule has 3 heteroatoms. The SMILES string of the molecule is Cc1cc(-c2cnc[nH]2)c2ccccc2n1. The molecule has 0 saturated carbocycles. The molecule has 16 heavy (non-hydrogen) atoms. The lowest BCUT2D eigenvalue weighted by molar-refractivity contribution is 1.25. The number of aromatic amines is 1. The summed E-state index contributed by atoms with van der Waals surface area (Å²) in [5, 5.41) is 1.15. The van der Waals surface area contributed by atoms with E-state index in [0.717, 1.165) is 27.9 Å². The standard InChI is InChI=1S/C13H11N3/c1-9-6-11(13-7-14-8-15-13)10-4-2-3-5-12(10)16-9/h2-8H,1H3,(H,14,15). The maximum atomic E-state index is 4.51. The summed E-state index contributed by atoms with van der Waals surface area (Å²) in [5.41, 5.74) is 4.22. The van der Waals surface area contributed by atoms with Crippen molar-refractivity contribution in [3.05, 3.63) is 48.5 Å². The van der Waals surface area contributed by atoms with Gasteiger partial charge in [0.1, 0.15) is 0 Å². The van der Waals surface area contributed by atoms with Crippen LogP contribution in [0.5, 0.6) is 0 Å². The van der Waals surface area contributed by atoms with Crippen molar-refractivity contribution in [2.75, 3.05) is 0 Å². The third kappa shape index (κ3) is 1.37. The van der Waals surface area contributed by atoms with Crippen LogP contribution in [-0.4, -0.2) is 15.0 Å². The maximum Gasteiger partial charge on any atom is 0.0924 e. The molecule has 0 unspecified atom stereocenters. The molecule has 0 aliphatic rings. The molecule has 0 aliphatic heterocycles. The Hall–Kier alpha value is -2.16. The van der Waals surface area contributed by atoms with Gasteiger partial charge in [0.2, 0.25) is 0 Å². The monoisotopic (exact) mass is 209 g/mol. The van der Waals surface area contributed by atoms with E-state index in [1.165, 1.54) is 0 Å². The van der Waals surface area contributed by atoms with Crippen molar-refractivity contribution < 1.29 is 0 Å². The molecule has 3 rings (SSSR count). The zero-order valence-corrected chi connectivity index (χ0v) is 8.94. The number of fused-ring (bicyclic) bond motifs is 1. The molecule has 0 bridgehead atoms. The van der Waals surface area contributed by atoms with Gasteiger partial charge in [0.05, 0.1) is 23.7 Å². The minimum atomic E-state index is 1.02. The lowest BCUT2D eigenvalue weighted by Gasteiger charge is -2.05. The van der Waals surface area contributed by atoms with Gasteiger partial charge in [0.25, 0.3) is 0 Å². The lowest BCUT2D eigenvalue weighted by Crippen LogP contribution is -1.88. The predicted octanol–water partition coefficient (Wildman–Crippen LogP) is 2.93. The number of aryl methyl sites for hydroxylation is 1. The van der Waals surface area contributed by atoms with E-state index in [1.54, 1.807) is 6.33 Å². The molecule has 0 saturated heterocycles. The normalized spacial score (nSPS) is 10.8. The van der Waals surface area contributed by atoms with Crippen LogP contribution in [0.15, 0.2) is 42.9 Å². The van der Waals surface area contributed by atoms with Gasteiger partial charge in [-0.2, -0.15) is 0 Å². The summed E-state index contributed by atoms with van der Waals surface area (Å²) < 4.78 is 0. The van der Waals surface area contributed by atoms with Crippen LogP contribution in [0.25, 0.3) is 22.2 Å². The van der Waals surface area contributed by atoms with Crippen molar-refractivity contribution in [3.8, 4) is 11.3 Å². The first kappa shape index (κ1) is 9.09. The van der Waals surface area contributed by atoms with Crippen molar-refractivity contribution in [2.45, 2.75) is 6.92 Å². The Labute approximate surface area is 93.2 Å². The molecule has 0 radical (unpaired) electrons. The molecule has 3 nitrogen and oxygen atoms in total. The topological polar surface area (TPSA) is 41.6 Å². The number of para-hydroxylation sites is 1. The predicted molar refractivity (Wildman–Crippen MR) is 64.1 cm³/mol. The number of benzene rings is 1. The highest BCUT2D eigenvalue weighted by molar-refractivity contribution is 5.93. The summed E-state index contributed by atoms with van der Waals surface area (Å²) in [4.78, 5) is 11.7. The molecular weight excluding hydrogens is 198 g/mol. The maximum absolute atomic E-state index is 4.51. The van der Waals surface area contributed by atoms with E-state index < -0.39 is 0 Å². The summed E-state index contributed by atoms with van der Waals surface area (Å²) in [7, 11) is 0. The first-order valence-electron chi connectivity index (χ1n) is 5.20. The van der Waals surface area contributed by atoms with Crippen LogP contribution in [-0.2, 0) is 0 Å². The Morgan fingerprint density at radius 1 is 1.19 bits per heavy atom. The molecule has 0 amide bonds. The number of pyridine rings is 1. The van der Waals surface area contributed by atoms with E-state index in [1.807, 2.05) is 31.3 Å². The van der Waals surface area contributed by atoms with E-state index in [2.05, 4.69) is 27.1 Å². The zero-order valence-electron chi connectivity index (χ0n) is 8.94. The fourth-order valence-corrected chi connectivity index (χ4v) is 1.93. The molecule has 0 aliphatic carbocycles. The zero-order chi connectivity index (χ0) is 11.0. The van der Waals surface area contributed by atoms with Crippen LogP contribution in [0, 0.1) is 6.92 Å². The number of aromatic nitrogens is 3.